The predicted molar refractivity (Wildman–Crippen MR) is 77.6 cm³/mol. The molecule has 5 heteroatoms. The second kappa shape index (κ2) is 5.53. The van der Waals surface area contributed by atoms with Gasteiger partial charge in [-0.25, -0.2) is 4.79 Å². The second-order valence-corrected chi connectivity index (χ2v) is 7.17. The molecule has 0 N–H and O–H groups in total. The van der Waals surface area contributed by atoms with E-state index in [-0.39, 0.29) is 18.2 Å². The molecule has 2 fully saturated rings. The molecule has 0 aromatic rings. The number of hydroxylamine groups is 2. The van der Waals surface area contributed by atoms with E-state index < -0.39 is 5.60 Å². The Labute approximate surface area is 122 Å². The van der Waals surface area contributed by atoms with E-state index in [2.05, 4.69) is 22.6 Å². The summed E-state index contributed by atoms with van der Waals surface area (Å²) in [6, 6.07) is 0.229. The van der Waals surface area contributed by atoms with Crippen LogP contribution in [-0.4, -0.2) is 33.3 Å². The molecule has 1 saturated heterocycles. The molecule has 0 radical (unpaired) electrons. The first-order valence-corrected chi connectivity index (χ1v) is 8.20. The first-order valence-electron chi connectivity index (χ1n) is 6.67. The lowest BCUT2D eigenvalue weighted by atomic mass is 9.96. The van der Waals surface area contributed by atoms with Crippen molar-refractivity contribution in [1.82, 2.24) is 5.06 Å². The van der Waals surface area contributed by atoms with Crippen LogP contribution in [0.1, 0.15) is 46.5 Å². The van der Waals surface area contributed by atoms with E-state index in [1.807, 2.05) is 20.8 Å². The SMILES string of the molecule is CC(C)(C)OC(=O)N1O[C@@H](CCI)[C@H]2CCC[C@H]21. The van der Waals surface area contributed by atoms with Crippen LogP contribution >= 0.6 is 22.6 Å². The van der Waals surface area contributed by atoms with Crippen LogP contribution in [-0.2, 0) is 9.57 Å². The molecular weight excluding hydrogens is 345 g/mol. The van der Waals surface area contributed by atoms with Gasteiger partial charge in [0.1, 0.15) is 5.60 Å². The van der Waals surface area contributed by atoms with Crippen molar-refractivity contribution in [3.05, 3.63) is 0 Å². The molecule has 3 atom stereocenters. The van der Waals surface area contributed by atoms with Gasteiger partial charge in [0.25, 0.3) is 0 Å². The summed E-state index contributed by atoms with van der Waals surface area (Å²) in [6.45, 7) is 5.65. The monoisotopic (exact) mass is 367 g/mol. The molecular formula is C13H22INO3. The van der Waals surface area contributed by atoms with Crippen LogP contribution in [0.2, 0.25) is 0 Å². The molecule has 1 aliphatic carbocycles. The summed E-state index contributed by atoms with van der Waals surface area (Å²) in [6.07, 6.45) is 4.29. The fourth-order valence-corrected chi connectivity index (χ4v) is 3.47. The normalized spacial score (nSPS) is 31.6. The Hall–Kier alpha value is -0.0400. The molecule has 0 bridgehead atoms. The molecule has 104 valence electrons. The van der Waals surface area contributed by atoms with Gasteiger partial charge in [-0.2, -0.15) is 5.06 Å². The second-order valence-electron chi connectivity index (χ2n) is 6.09. The maximum absolute atomic E-state index is 12.1. The van der Waals surface area contributed by atoms with Crippen LogP contribution in [0.25, 0.3) is 0 Å². The number of fused-ring (bicyclic) bond motifs is 1. The first kappa shape index (κ1) is 14.4. The quantitative estimate of drug-likeness (QED) is 0.554. The number of ether oxygens (including phenoxy) is 1. The van der Waals surface area contributed by atoms with E-state index in [1.54, 1.807) is 0 Å². The van der Waals surface area contributed by atoms with Crippen molar-refractivity contribution >= 4 is 28.7 Å². The summed E-state index contributed by atoms with van der Waals surface area (Å²) in [5.41, 5.74) is -0.462. The molecule has 0 spiro atoms. The topological polar surface area (TPSA) is 38.8 Å². The summed E-state index contributed by atoms with van der Waals surface area (Å²) in [5.74, 6) is 0.507. The van der Waals surface area contributed by atoms with Crippen molar-refractivity contribution < 1.29 is 14.4 Å². The highest BCUT2D eigenvalue weighted by atomic mass is 127. The van der Waals surface area contributed by atoms with Gasteiger partial charge in [-0.1, -0.05) is 29.0 Å². The highest BCUT2D eigenvalue weighted by Crippen LogP contribution is 2.41. The number of alkyl halides is 1. The summed E-state index contributed by atoms with van der Waals surface area (Å²) in [4.78, 5) is 18.0. The summed E-state index contributed by atoms with van der Waals surface area (Å²) in [5, 5.41) is 1.51. The molecule has 2 rings (SSSR count). The van der Waals surface area contributed by atoms with Gasteiger partial charge >= 0.3 is 6.09 Å². The van der Waals surface area contributed by atoms with Gasteiger partial charge in [0, 0.05) is 10.3 Å². The summed E-state index contributed by atoms with van der Waals surface area (Å²) < 4.78 is 6.48. The first-order chi connectivity index (χ1) is 8.42. The van der Waals surface area contributed by atoms with Gasteiger partial charge in [-0.05, 0) is 40.0 Å². The van der Waals surface area contributed by atoms with Crippen molar-refractivity contribution in [3.63, 3.8) is 0 Å². The van der Waals surface area contributed by atoms with E-state index in [4.69, 9.17) is 9.57 Å². The number of nitrogens with zero attached hydrogens (tertiary/aromatic N) is 1. The Bertz CT molecular complexity index is 316. The summed E-state index contributed by atoms with van der Waals surface area (Å²) >= 11 is 2.36. The zero-order chi connectivity index (χ0) is 13.3. The molecule has 1 saturated carbocycles. The number of amides is 1. The average molecular weight is 367 g/mol. The van der Waals surface area contributed by atoms with E-state index in [1.165, 1.54) is 17.9 Å². The lowest BCUT2D eigenvalue weighted by molar-refractivity contribution is -0.152. The third-order valence-electron chi connectivity index (χ3n) is 3.53. The van der Waals surface area contributed by atoms with Gasteiger partial charge in [0.05, 0.1) is 12.1 Å². The van der Waals surface area contributed by atoms with Gasteiger partial charge in [-0.3, -0.25) is 4.84 Å². The van der Waals surface area contributed by atoms with Gasteiger partial charge in [0.2, 0.25) is 0 Å². The largest absolute Gasteiger partial charge is 0.442 e. The van der Waals surface area contributed by atoms with Gasteiger partial charge in [-0.15, -0.1) is 0 Å². The zero-order valence-corrected chi connectivity index (χ0v) is 13.5. The van der Waals surface area contributed by atoms with E-state index in [0.717, 1.165) is 17.3 Å². The zero-order valence-electron chi connectivity index (χ0n) is 11.3. The predicted octanol–water partition coefficient (Wildman–Crippen LogP) is 3.53. The molecule has 0 unspecified atom stereocenters. The molecule has 1 heterocycles. The fraction of sp³-hybridized carbons (Fsp3) is 0.923. The molecule has 1 aliphatic heterocycles. The lowest BCUT2D eigenvalue weighted by Crippen LogP contribution is -2.39. The van der Waals surface area contributed by atoms with Crippen molar-refractivity contribution in [2.75, 3.05) is 4.43 Å². The van der Waals surface area contributed by atoms with Crippen LogP contribution in [0.15, 0.2) is 0 Å². The Morgan fingerprint density at radius 2 is 2.17 bits per heavy atom. The average Bonchev–Trinajstić information content (AvgIpc) is 2.78. The smallest absolute Gasteiger partial charge is 0.434 e. The fourth-order valence-electron chi connectivity index (χ4n) is 2.86. The number of hydrogen-bond donors (Lipinski definition) is 0. The van der Waals surface area contributed by atoms with Crippen molar-refractivity contribution in [1.29, 1.82) is 0 Å². The van der Waals surface area contributed by atoms with Gasteiger partial charge in [0.15, 0.2) is 0 Å². The Morgan fingerprint density at radius 1 is 1.44 bits per heavy atom. The number of halogens is 1. The molecule has 0 aromatic carbocycles. The number of hydrogen-bond acceptors (Lipinski definition) is 3. The molecule has 2 aliphatic rings. The lowest BCUT2D eigenvalue weighted by Gasteiger charge is -2.26. The van der Waals surface area contributed by atoms with Gasteiger partial charge < -0.3 is 4.74 Å². The minimum Gasteiger partial charge on any atom is -0.442 e. The molecule has 0 aromatic heterocycles. The minimum absolute atomic E-state index is 0.196. The van der Waals surface area contributed by atoms with Crippen LogP contribution < -0.4 is 0 Å². The van der Waals surface area contributed by atoms with E-state index in [9.17, 15) is 4.79 Å². The number of carbonyl (C=O) groups excluding carboxylic acids is 1. The van der Waals surface area contributed by atoms with Crippen LogP contribution in [0.5, 0.6) is 0 Å². The third kappa shape index (κ3) is 3.10. The van der Waals surface area contributed by atoms with Crippen molar-refractivity contribution in [3.8, 4) is 0 Å². The van der Waals surface area contributed by atoms with Crippen LogP contribution in [0.3, 0.4) is 0 Å². The van der Waals surface area contributed by atoms with E-state index >= 15 is 0 Å². The third-order valence-corrected chi connectivity index (χ3v) is 4.15. The van der Waals surface area contributed by atoms with Crippen molar-refractivity contribution in [2.24, 2.45) is 5.92 Å². The maximum Gasteiger partial charge on any atom is 0.434 e. The number of rotatable bonds is 2. The highest BCUT2D eigenvalue weighted by Gasteiger charge is 2.48. The Kier molecular flexibility index (Phi) is 4.41. The number of carbonyl (C=O) groups is 1. The Morgan fingerprint density at radius 3 is 2.78 bits per heavy atom. The van der Waals surface area contributed by atoms with Crippen molar-refractivity contribution in [2.45, 2.75) is 64.2 Å². The highest BCUT2D eigenvalue weighted by molar-refractivity contribution is 14.1. The summed E-state index contributed by atoms with van der Waals surface area (Å²) in [7, 11) is 0. The minimum atomic E-state index is -0.462. The standard InChI is InChI=1S/C13H22INO3/c1-13(2,3)17-12(16)15-10-6-4-5-9(10)11(18-15)7-8-14/h9-11H,4-8H2,1-3H3/t9-,10+,11-/m0/s1. The Balaban J connectivity index is 2.03. The van der Waals surface area contributed by atoms with Crippen LogP contribution in [0.4, 0.5) is 4.79 Å². The van der Waals surface area contributed by atoms with E-state index in [0.29, 0.717) is 5.92 Å². The maximum atomic E-state index is 12.1. The molecule has 4 nitrogen and oxygen atoms in total. The molecule has 18 heavy (non-hydrogen) atoms. The van der Waals surface area contributed by atoms with Crippen LogP contribution in [0, 0.1) is 5.92 Å². The molecule has 1 amide bonds.